The summed E-state index contributed by atoms with van der Waals surface area (Å²) in [6.45, 7) is 8.80. The number of aryl methyl sites for hydroxylation is 1. The van der Waals surface area contributed by atoms with Gasteiger partial charge in [-0.15, -0.1) is 0 Å². The minimum Gasteiger partial charge on any atom is -0.351 e. The molecule has 2 aromatic carbocycles. The molecule has 2 fully saturated rings. The van der Waals surface area contributed by atoms with Crippen molar-refractivity contribution in [3.63, 3.8) is 0 Å². The molecule has 4 heterocycles. The lowest BCUT2D eigenvalue weighted by molar-refractivity contribution is -0.138. The van der Waals surface area contributed by atoms with Gasteiger partial charge in [0.25, 0.3) is 11.8 Å². The van der Waals surface area contributed by atoms with Gasteiger partial charge in [-0.2, -0.15) is 0 Å². The minimum absolute atomic E-state index is 0.0692. The molecule has 6 rings (SSSR count). The lowest BCUT2D eigenvalue weighted by atomic mass is 9.85. The Kier molecular flexibility index (Phi) is 6.64. The molecule has 2 aliphatic rings. The number of benzene rings is 2. The average molecular weight is 550 g/mol. The molecule has 2 bridgehead atoms. The number of aromatic nitrogens is 2. The first-order valence-corrected chi connectivity index (χ1v) is 14.1. The fraction of sp³-hybridized carbons (Fsp3) is 0.333. The van der Waals surface area contributed by atoms with E-state index >= 15 is 0 Å². The van der Waals surface area contributed by atoms with Gasteiger partial charge in [0.2, 0.25) is 5.91 Å². The minimum atomic E-state index is -0.709. The molecule has 8 nitrogen and oxygen atoms in total. The molecule has 0 aliphatic carbocycles. The van der Waals surface area contributed by atoms with E-state index in [2.05, 4.69) is 15.3 Å². The highest BCUT2D eigenvalue weighted by molar-refractivity contribution is 6.00. The van der Waals surface area contributed by atoms with E-state index in [0.717, 1.165) is 34.0 Å². The number of fused-ring (bicyclic) bond motifs is 3. The smallest absolute Gasteiger partial charge is 0.272 e. The Hall–Kier alpha value is -4.46. The second-order valence-corrected chi connectivity index (χ2v) is 12.3. The van der Waals surface area contributed by atoms with Crippen LogP contribution in [0.3, 0.4) is 0 Å². The Bertz CT molecular complexity index is 1620. The summed E-state index contributed by atoms with van der Waals surface area (Å²) in [6, 6.07) is 20.6. The third kappa shape index (κ3) is 5.10. The van der Waals surface area contributed by atoms with Crippen LogP contribution in [0, 0.1) is 12.3 Å². The van der Waals surface area contributed by atoms with Crippen molar-refractivity contribution in [2.24, 2.45) is 5.41 Å². The van der Waals surface area contributed by atoms with Gasteiger partial charge < -0.3 is 20.1 Å². The molecular weight excluding hydrogens is 514 g/mol. The summed E-state index contributed by atoms with van der Waals surface area (Å²) < 4.78 is 0. The SMILES string of the molecule is Cc1ccc2[nH]c(C(=O)N[C@H](C(=O)N3C[C@@H]4C[C@H]3CN4C(=O)c3ccc(-c4ccccc4)cn3)C(C)(C)C)cc2c1. The Labute approximate surface area is 239 Å². The summed E-state index contributed by atoms with van der Waals surface area (Å²) in [6.07, 6.45) is 2.46. The first-order chi connectivity index (χ1) is 19.6. The number of H-pyrrole nitrogens is 1. The zero-order valence-corrected chi connectivity index (χ0v) is 23.8. The van der Waals surface area contributed by atoms with E-state index in [1.165, 1.54) is 0 Å². The number of amides is 3. The van der Waals surface area contributed by atoms with Gasteiger partial charge in [-0.05, 0) is 48.6 Å². The molecule has 0 unspecified atom stereocenters. The molecule has 2 aliphatic heterocycles. The summed E-state index contributed by atoms with van der Waals surface area (Å²) >= 11 is 0. The molecule has 8 heteroatoms. The van der Waals surface area contributed by atoms with E-state index < -0.39 is 11.5 Å². The number of hydrogen-bond acceptors (Lipinski definition) is 4. The van der Waals surface area contributed by atoms with Crippen LogP contribution >= 0.6 is 0 Å². The topological polar surface area (TPSA) is 98.4 Å². The van der Waals surface area contributed by atoms with Crippen LogP contribution in [-0.2, 0) is 4.79 Å². The number of aromatic amines is 1. The van der Waals surface area contributed by atoms with E-state index in [4.69, 9.17) is 0 Å². The second kappa shape index (κ2) is 10.2. The number of carbonyl (C=O) groups excluding carboxylic acids is 3. The number of pyridine rings is 1. The summed E-state index contributed by atoms with van der Waals surface area (Å²) in [5, 5.41) is 3.97. The highest BCUT2D eigenvalue weighted by atomic mass is 16.2. The van der Waals surface area contributed by atoms with Crippen molar-refractivity contribution in [2.75, 3.05) is 13.1 Å². The number of nitrogens with zero attached hydrogens (tertiary/aromatic N) is 3. The zero-order valence-electron chi connectivity index (χ0n) is 23.8. The van der Waals surface area contributed by atoms with Crippen LogP contribution in [0.2, 0.25) is 0 Å². The van der Waals surface area contributed by atoms with Crippen LogP contribution in [0.1, 0.15) is 53.7 Å². The molecule has 2 aromatic heterocycles. The average Bonchev–Trinajstić information content (AvgIpc) is 3.69. The van der Waals surface area contributed by atoms with E-state index in [9.17, 15) is 14.4 Å². The van der Waals surface area contributed by atoms with Crippen LogP contribution in [-0.4, -0.2) is 68.7 Å². The summed E-state index contributed by atoms with van der Waals surface area (Å²) in [7, 11) is 0. The van der Waals surface area contributed by atoms with E-state index in [1.54, 1.807) is 12.3 Å². The predicted molar refractivity (Wildman–Crippen MR) is 158 cm³/mol. The second-order valence-electron chi connectivity index (χ2n) is 12.3. The van der Waals surface area contributed by atoms with Crippen LogP contribution in [0.15, 0.2) is 72.9 Å². The van der Waals surface area contributed by atoms with Crippen molar-refractivity contribution < 1.29 is 14.4 Å². The predicted octanol–water partition coefficient (Wildman–Crippen LogP) is 4.81. The largest absolute Gasteiger partial charge is 0.351 e. The normalized spacial score (nSPS) is 19.0. The van der Waals surface area contributed by atoms with E-state index in [0.29, 0.717) is 24.5 Å². The number of nitrogens with one attached hydrogen (secondary N) is 2. The van der Waals surface area contributed by atoms with Crippen molar-refractivity contribution >= 4 is 28.6 Å². The van der Waals surface area contributed by atoms with Crippen LogP contribution in [0.4, 0.5) is 0 Å². The lowest BCUT2D eigenvalue weighted by Crippen LogP contribution is -2.59. The Morgan fingerprint density at radius 2 is 1.66 bits per heavy atom. The monoisotopic (exact) mass is 549 g/mol. The standard InChI is InChI=1S/C33H35N5O3/c1-20-10-12-26-23(14-20)15-28(35-26)30(39)36-29(33(2,3)4)32(41)38-19-24-16-25(38)18-37(24)31(40)27-13-11-22(17-34-27)21-8-6-5-7-9-21/h5-15,17,24-25,29,35H,16,18-19H2,1-4H3,(H,36,39)/t24-,25-,29+/m0/s1. The molecule has 3 atom stereocenters. The van der Waals surface area contributed by atoms with Gasteiger partial charge in [0, 0.05) is 35.8 Å². The highest BCUT2D eigenvalue weighted by Gasteiger charge is 2.50. The fourth-order valence-electron chi connectivity index (χ4n) is 6.05. The van der Waals surface area contributed by atoms with Gasteiger partial charge in [-0.25, -0.2) is 0 Å². The third-order valence-corrected chi connectivity index (χ3v) is 8.28. The van der Waals surface area contributed by atoms with Crippen molar-refractivity contribution in [3.05, 3.63) is 89.9 Å². The van der Waals surface area contributed by atoms with Crippen molar-refractivity contribution in [1.82, 2.24) is 25.1 Å². The van der Waals surface area contributed by atoms with Crippen molar-refractivity contribution in [2.45, 2.75) is 52.2 Å². The first kappa shape index (κ1) is 26.7. The van der Waals surface area contributed by atoms with Gasteiger partial charge in [0.15, 0.2) is 0 Å². The number of piperazine rings is 1. The molecule has 3 amide bonds. The molecule has 4 aromatic rings. The summed E-state index contributed by atoms with van der Waals surface area (Å²) in [5.74, 6) is -0.528. The lowest BCUT2D eigenvalue weighted by Gasteiger charge is -2.39. The number of likely N-dealkylation sites (tertiary alicyclic amines) is 2. The number of hydrogen-bond donors (Lipinski definition) is 2. The maximum absolute atomic E-state index is 13.9. The number of rotatable bonds is 5. The van der Waals surface area contributed by atoms with Crippen molar-refractivity contribution in [1.29, 1.82) is 0 Å². The number of carbonyl (C=O) groups is 3. The van der Waals surface area contributed by atoms with Gasteiger partial charge in [-0.3, -0.25) is 19.4 Å². The molecule has 2 saturated heterocycles. The molecule has 2 N–H and O–H groups in total. The molecule has 0 saturated carbocycles. The Morgan fingerprint density at radius 1 is 0.927 bits per heavy atom. The maximum Gasteiger partial charge on any atom is 0.272 e. The van der Waals surface area contributed by atoms with Gasteiger partial charge in [-0.1, -0.05) is 68.8 Å². The fourth-order valence-corrected chi connectivity index (χ4v) is 6.05. The molecule has 0 spiro atoms. The third-order valence-electron chi connectivity index (χ3n) is 8.28. The first-order valence-electron chi connectivity index (χ1n) is 14.1. The van der Waals surface area contributed by atoms with E-state index in [-0.39, 0.29) is 29.8 Å². The summed E-state index contributed by atoms with van der Waals surface area (Å²) in [5.41, 5.74) is 4.33. The van der Waals surface area contributed by atoms with Gasteiger partial charge >= 0.3 is 0 Å². The molecular formula is C33H35N5O3. The van der Waals surface area contributed by atoms with Gasteiger partial charge in [0.05, 0.1) is 12.1 Å². The van der Waals surface area contributed by atoms with Gasteiger partial charge in [0.1, 0.15) is 17.4 Å². The Balaban J connectivity index is 1.13. The van der Waals surface area contributed by atoms with E-state index in [1.807, 2.05) is 98.2 Å². The molecule has 0 radical (unpaired) electrons. The Morgan fingerprint density at radius 3 is 2.32 bits per heavy atom. The zero-order chi connectivity index (χ0) is 28.9. The van der Waals surface area contributed by atoms with Crippen molar-refractivity contribution in [3.8, 4) is 11.1 Å². The van der Waals surface area contributed by atoms with Crippen LogP contribution < -0.4 is 5.32 Å². The van der Waals surface area contributed by atoms with Crippen LogP contribution in [0.5, 0.6) is 0 Å². The maximum atomic E-state index is 13.9. The molecule has 210 valence electrons. The highest BCUT2D eigenvalue weighted by Crippen LogP contribution is 2.34. The quantitative estimate of drug-likeness (QED) is 0.373. The van der Waals surface area contributed by atoms with Crippen LogP contribution in [0.25, 0.3) is 22.0 Å². The summed E-state index contributed by atoms with van der Waals surface area (Å²) in [4.78, 5) is 51.8. The molecule has 41 heavy (non-hydrogen) atoms.